The number of alkyl halides is 1. The van der Waals surface area contributed by atoms with Crippen molar-refractivity contribution in [1.29, 1.82) is 0 Å². The van der Waals surface area contributed by atoms with E-state index in [4.69, 9.17) is 45.5 Å². The van der Waals surface area contributed by atoms with E-state index in [0.29, 0.717) is 28.6 Å². The first kappa shape index (κ1) is 98.4. The molecule has 30 heteroatoms. The minimum absolute atomic E-state index is 0. The molecule has 0 bridgehead atoms. The number of halogens is 2. The molecule has 10 heterocycles. The molecule has 0 spiro atoms. The number of fused-ring (bicyclic) bond motifs is 6. The van der Waals surface area contributed by atoms with E-state index in [9.17, 15) is 24.0 Å². The van der Waals surface area contributed by atoms with Crippen LogP contribution in [0.4, 0.5) is 0 Å². The van der Waals surface area contributed by atoms with Crippen molar-refractivity contribution in [2.24, 2.45) is 0 Å². The maximum absolute atomic E-state index is 13.6. The number of carboxylic acid groups (broad SMARTS) is 1. The Balaban J connectivity index is 0.000000176. The van der Waals surface area contributed by atoms with Crippen LogP contribution in [-0.4, -0.2) is 121 Å². The number of benzene rings is 9. The number of para-hydroxylation sites is 4. The number of hydrogen-bond donors (Lipinski definition) is 3. The summed E-state index contributed by atoms with van der Waals surface area (Å²) in [6, 6.07) is 80.4. The molecule has 17 aromatic rings. The summed E-state index contributed by atoms with van der Waals surface area (Å²) >= 11 is 9.71. The molecule has 127 heavy (non-hydrogen) atoms. The van der Waals surface area contributed by atoms with Crippen molar-refractivity contribution < 1.29 is 138 Å². The third kappa shape index (κ3) is 24.0. The number of carbonyl (C=O) groups excluding carboxylic acids is 4. The number of nitrogens with zero attached hydrogens (tertiary/aromatic N) is 12. The van der Waals surface area contributed by atoms with Crippen molar-refractivity contribution >= 4 is 100 Å². The molecule has 0 amide bonds. The van der Waals surface area contributed by atoms with Crippen LogP contribution < -0.4 is 9.47 Å². The number of aromatic carboxylic acids is 1. The van der Waals surface area contributed by atoms with Gasteiger partial charge in [0.05, 0.1) is 59.2 Å². The van der Waals surface area contributed by atoms with Crippen molar-refractivity contribution in [3.8, 4) is 68.8 Å². The quantitative estimate of drug-likeness (QED) is 0.0227. The summed E-state index contributed by atoms with van der Waals surface area (Å²) in [6.45, 7) is 11.1. The first-order chi connectivity index (χ1) is 59.7. The zero-order valence-corrected chi connectivity index (χ0v) is 80.1. The van der Waals surface area contributed by atoms with Crippen LogP contribution in [0.25, 0.3) is 101 Å². The molecule has 4 atom stereocenters. The Kier molecular flexibility index (Phi) is 36.2. The van der Waals surface area contributed by atoms with Crippen molar-refractivity contribution in [1.82, 2.24) is 57.7 Å². The third-order valence-electron chi connectivity index (χ3n) is 19.2. The van der Waals surface area contributed by atoms with Gasteiger partial charge in [-0.1, -0.05) is 132 Å². The molecule has 4 radical (unpaired) electrons. The average molecular weight is 2400 g/mol. The number of pyridine rings is 1. The van der Waals surface area contributed by atoms with Gasteiger partial charge in [-0.05, 0) is 116 Å². The number of ketones is 3. The second kappa shape index (κ2) is 46.7. The molecule has 19 rings (SSSR count). The number of aryl methyl sites for hydroxylation is 2. The number of furan rings is 1. The van der Waals surface area contributed by atoms with Crippen molar-refractivity contribution in [3.05, 3.63) is 355 Å². The number of allylic oxidation sites excluding steroid dienone is 4. The number of Topliss-reactive ketones (excluding diaryl/α,β-unsaturated/α-hetero) is 1. The Bertz CT molecular complexity index is 6610. The Morgan fingerprint density at radius 1 is 0.598 bits per heavy atom. The predicted octanol–water partition coefficient (Wildman–Crippen LogP) is 20.4. The molecule has 654 valence electrons. The normalized spacial score (nSPS) is 14.1. The van der Waals surface area contributed by atoms with Crippen LogP contribution in [0.3, 0.4) is 0 Å². The van der Waals surface area contributed by atoms with Crippen LogP contribution in [0.15, 0.2) is 313 Å². The summed E-state index contributed by atoms with van der Waals surface area (Å²) in [5, 5.41) is 30.0. The zero-order chi connectivity index (χ0) is 86.6. The summed E-state index contributed by atoms with van der Waals surface area (Å²) in [6.07, 6.45) is 21.1. The van der Waals surface area contributed by atoms with E-state index in [2.05, 4.69) is 123 Å². The Morgan fingerprint density at radius 3 is 1.84 bits per heavy atom. The van der Waals surface area contributed by atoms with Crippen molar-refractivity contribution in [2.45, 2.75) is 71.7 Å². The average Bonchev–Trinajstić information content (AvgIpc) is 1.77. The number of rotatable bonds is 14. The smallest absolute Gasteiger partial charge is 0.354 e. The van der Waals surface area contributed by atoms with Crippen LogP contribution in [0.2, 0.25) is 0 Å². The van der Waals surface area contributed by atoms with Gasteiger partial charge in [0.1, 0.15) is 42.1 Å². The SMILES string of the molecule is Brc1ccccc1-n1ccnc1-c1[c-]c2ccccc2o1.CC(=O)C=C(C)O.CC(=O)C=C(C)O.CCn1c2c[c-]c(-c3nccn3-c3ncncc3C)cc2c2ccccc21.COc1c[c-]c(-c2nccn2C2C(=O)c3ccccc3OC2c2ccccc2)cc1.O=C(O)c1ccccn1.O=C1OCC(n2ccnc2-c2[c-]cc3ccccc3c2)C1Cl.[Ir].[Ir].[Ir].[Rh]. The third-order valence-corrected chi connectivity index (χ3v) is 20.4. The van der Waals surface area contributed by atoms with Crippen LogP contribution in [-0.2, 0) is 105 Å². The van der Waals surface area contributed by atoms with Gasteiger partial charge < -0.3 is 56.8 Å². The van der Waals surface area contributed by atoms with Gasteiger partial charge in [-0.15, -0.1) is 112 Å². The van der Waals surface area contributed by atoms with E-state index in [1.54, 1.807) is 56.4 Å². The minimum atomic E-state index is -0.990. The van der Waals surface area contributed by atoms with Gasteiger partial charge in [0.15, 0.2) is 28.8 Å². The van der Waals surface area contributed by atoms with Crippen LogP contribution in [0.1, 0.15) is 84.8 Å². The minimum Gasteiger partial charge on any atom is -0.540 e. The number of methoxy groups -OCH3 is 1. The summed E-state index contributed by atoms with van der Waals surface area (Å²) < 4.78 is 33.6. The van der Waals surface area contributed by atoms with Crippen molar-refractivity contribution in [3.63, 3.8) is 0 Å². The van der Waals surface area contributed by atoms with Gasteiger partial charge in [0.25, 0.3) is 0 Å². The summed E-state index contributed by atoms with van der Waals surface area (Å²) in [7, 11) is 1.61. The molecule has 3 N–H and O–H groups in total. The molecule has 0 aliphatic carbocycles. The van der Waals surface area contributed by atoms with E-state index in [1.807, 2.05) is 208 Å². The predicted molar refractivity (Wildman–Crippen MR) is 474 cm³/mol. The molecular weight excluding hydrogens is 2320 g/mol. The van der Waals surface area contributed by atoms with E-state index >= 15 is 0 Å². The van der Waals surface area contributed by atoms with Gasteiger partial charge in [-0.3, -0.25) is 39.1 Å². The Labute approximate surface area is 798 Å². The van der Waals surface area contributed by atoms with Crippen LogP contribution in [0.5, 0.6) is 11.5 Å². The fraction of sp³-hybridized carbons (Fsp3) is 0.134. The number of imidazole rings is 4. The van der Waals surface area contributed by atoms with Gasteiger partial charge in [-0.2, -0.15) is 0 Å². The standard InChI is InChI=1S/C25H19N2O3.C22H18N5.C17H10BrN2O.C17H12ClN2O2.C6H5NO2.2C5H8O2.3Ir.Rh/c1-29-19-13-11-18(12-14-19)25-26-15-16-27(25)22-23(28)20-9-5-6-10-21(20)30-24(22)17-7-3-2-4-8-17;1-3-26-19-7-5-4-6-17(19)18-12-16(8-9-20(18)26)22-24-10-11-27(22)21-15(2)13-23-14-25-21;18-13-6-2-3-7-14(13)20-10-9-19-17(20)16-11-12-5-1-4-8-15(12)21-16;18-15-14(10-22-17(15)21)20-8-7-19-16(20)13-6-5-11-3-1-2-4-12(11)9-13;8-6(9)5-3-1-2-4-7-5;2*1-4(6)3-5(2)7;;;;/h2-11,13-16,22,24H,1H3;4-7,9-14H,3H2,1-2H3;1-10H;1-5,7-9,14-15H,10H2;1-4H,(H,8,9);2*3,6H,1-2H3;;;;/q4*-1;;;;;;;. The number of carboxylic acids is 1. The van der Waals surface area contributed by atoms with Gasteiger partial charge in [0, 0.05) is 187 Å². The molecular formula is C97H80BrClIr3N12O12Rh-4. The largest absolute Gasteiger partial charge is 0.540 e. The number of hydrogen-bond acceptors (Lipinski definition) is 18. The maximum Gasteiger partial charge on any atom is 0.354 e. The second-order valence-electron chi connectivity index (χ2n) is 27.8. The molecule has 2 aliphatic heterocycles. The number of aliphatic hydroxyl groups excluding tert-OH is 2. The Morgan fingerprint density at radius 2 is 1.20 bits per heavy atom. The fourth-order valence-electron chi connectivity index (χ4n) is 13.8. The van der Waals surface area contributed by atoms with Gasteiger partial charge in [-0.25, -0.2) is 19.7 Å². The molecule has 0 saturated carbocycles. The fourth-order valence-corrected chi connectivity index (χ4v) is 14.5. The summed E-state index contributed by atoms with van der Waals surface area (Å²) in [5.74, 6) is 4.24. The first-order valence-corrected chi connectivity index (χ1v) is 39.9. The van der Waals surface area contributed by atoms with Gasteiger partial charge in [0.2, 0.25) is 0 Å². The number of aromatic nitrogens is 12. The number of ether oxygens (including phenoxy) is 3. The first-order valence-electron chi connectivity index (χ1n) is 38.7. The molecule has 4 unspecified atom stereocenters. The topological polar surface area (TPSA) is 302 Å². The number of cyclic esters (lactones) is 1. The maximum atomic E-state index is 13.6. The number of esters is 1. The Hall–Kier alpha value is -12.4. The van der Waals surface area contributed by atoms with Crippen LogP contribution in [0, 0.1) is 31.2 Å². The van der Waals surface area contributed by atoms with E-state index in [1.165, 1.54) is 73.9 Å². The van der Waals surface area contributed by atoms with E-state index in [0.717, 1.165) is 89.6 Å². The molecule has 1 saturated heterocycles. The molecule has 2 aliphatic rings. The molecule has 9 aromatic carbocycles. The van der Waals surface area contributed by atoms with E-state index in [-0.39, 0.29) is 133 Å². The summed E-state index contributed by atoms with van der Waals surface area (Å²) in [4.78, 5) is 85.3. The van der Waals surface area contributed by atoms with E-state index < -0.39 is 23.5 Å². The summed E-state index contributed by atoms with van der Waals surface area (Å²) in [5.41, 5.74) is 9.45. The monoisotopic (exact) mass is 2400 g/mol. The number of aliphatic hydroxyl groups is 2. The van der Waals surface area contributed by atoms with Crippen molar-refractivity contribution in [2.75, 3.05) is 13.7 Å². The number of carbonyl (C=O) groups is 5. The molecule has 24 nitrogen and oxygen atoms in total. The molecule has 1 fully saturated rings. The second-order valence-corrected chi connectivity index (χ2v) is 29.1. The zero-order valence-electron chi connectivity index (χ0n) is 68.9. The molecule has 8 aromatic heterocycles. The van der Waals surface area contributed by atoms with Gasteiger partial charge >= 0.3 is 11.9 Å². The van der Waals surface area contributed by atoms with Crippen LogP contribution >= 0.6 is 27.5 Å².